The van der Waals surface area contributed by atoms with Gasteiger partial charge in [0.05, 0.1) is 6.04 Å². The molecule has 1 nitrogen and oxygen atoms in total. The summed E-state index contributed by atoms with van der Waals surface area (Å²) in [4.78, 5) is 1.20. The normalized spacial score (nSPS) is 13.0. The van der Waals surface area contributed by atoms with Crippen molar-refractivity contribution in [1.29, 1.82) is 0 Å². The fourth-order valence-electron chi connectivity index (χ4n) is 2.13. The van der Waals surface area contributed by atoms with Gasteiger partial charge >= 0.3 is 0 Å². The Balaban J connectivity index is 2.09. The van der Waals surface area contributed by atoms with E-state index in [9.17, 15) is 4.39 Å². The Bertz CT molecular complexity index is 719. The Morgan fingerprint density at radius 1 is 1.26 bits per heavy atom. The summed E-state index contributed by atoms with van der Waals surface area (Å²) in [7, 11) is 1.94. The second kappa shape index (κ2) is 5.32. The van der Waals surface area contributed by atoms with Gasteiger partial charge in [0.2, 0.25) is 0 Å². The molecule has 0 bridgehead atoms. The van der Waals surface area contributed by atoms with Gasteiger partial charge in [-0.1, -0.05) is 0 Å². The molecule has 1 aromatic carbocycles. The Hall–Kier alpha value is -0.750. The van der Waals surface area contributed by atoms with Gasteiger partial charge in [0.1, 0.15) is 5.82 Å². The molecule has 0 saturated carbocycles. The van der Waals surface area contributed by atoms with Gasteiger partial charge in [-0.3, -0.25) is 0 Å². The van der Waals surface area contributed by atoms with Crippen LogP contribution in [0.5, 0.6) is 0 Å². The summed E-state index contributed by atoms with van der Waals surface area (Å²) in [6.45, 7) is 0. The summed E-state index contributed by atoms with van der Waals surface area (Å²) in [6, 6.07) is 7.14. The average Bonchev–Trinajstić information content (AvgIpc) is 2.97. The van der Waals surface area contributed by atoms with Crippen molar-refractivity contribution >= 4 is 48.7 Å². The molecule has 2 aromatic heterocycles. The summed E-state index contributed by atoms with van der Waals surface area (Å²) in [5.74, 6) is -0.186. The van der Waals surface area contributed by atoms with Crippen LogP contribution in [-0.2, 0) is 0 Å². The van der Waals surface area contributed by atoms with Crippen LogP contribution in [0, 0.1) is 5.82 Å². The maximum absolute atomic E-state index is 13.2. The van der Waals surface area contributed by atoms with Crippen LogP contribution in [-0.4, -0.2) is 7.05 Å². The maximum Gasteiger partial charge on any atom is 0.123 e. The van der Waals surface area contributed by atoms with E-state index in [1.807, 2.05) is 13.1 Å². The fourth-order valence-corrected chi connectivity index (χ4v) is 4.85. The van der Waals surface area contributed by atoms with Crippen LogP contribution in [0.15, 0.2) is 39.5 Å². The summed E-state index contributed by atoms with van der Waals surface area (Å²) in [5, 5.41) is 8.51. The number of fused-ring (bicyclic) bond motifs is 1. The lowest BCUT2D eigenvalue weighted by atomic mass is 10.1. The molecule has 0 saturated heterocycles. The van der Waals surface area contributed by atoms with E-state index in [4.69, 9.17) is 0 Å². The first-order chi connectivity index (χ1) is 9.19. The number of thiophene rings is 2. The van der Waals surface area contributed by atoms with Crippen LogP contribution in [0.25, 0.3) is 10.1 Å². The highest BCUT2D eigenvalue weighted by Crippen LogP contribution is 2.37. The number of nitrogens with one attached hydrogen (secondary N) is 1. The van der Waals surface area contributed by atoms with E-state index in [0.29, 0.717) is 0 Å². The molecule has 0 aliphatic heterocycles. The van der Waals surface area contributed by atoms with Crippen molar-refractivity contribution < 1.29 is 4.39 Å². The SMILES string of the molecule is CNC(c1cc2cc(F)ccc2s1)c1cscc1Br. The largest absolute Gasteiger partial charge is 0.309 e. The van der Waals surface area contributed by atoms with Gasteiger partial charge in [-0.15, -0.1) is 11.3 Å². The van der Waals surface area contributed by atoms with Gasteiger partial charge < -0.3 is 5.32 Å². The van der Waals surface area contributed by atoms with E-state index in [1.165, 1.54) is 16.5 Å². The first kappa shape index (κ1) is 13.2. The fraction of sp³-hybridized carbons (Fsp3) is 0.143. The highest BCUT2D eigenvalue weighted by molar-refractivity contribution is 9.10. The molecule has 19 heavy (non-hydrogen) atoms. The van der Waals surface area contributed by atoms with E-state index in [1.54, 1.807) is 28.7 Å². The third-order valence-corrected chi connectivity index (χ3v) is 5.96. The predicted octanol–water partition coefficient (Wildman–Crippen LogP) is 5.17. The van der Waals surface area contributed by atoms with Gasteiger partial charge in [-0.25, -0.2) is 4.39 Å². The molecule has 2 heterocycles. The quantitative estimate of drug-likeness (QED) is 0.682. The lowest BCUT2D eigenvalue weighted by Crippen LogP contribution is -2.16. The molecule has 0 fully saturated rings. The minimum absolute atomic E-state index is 0.140. The molecule has 98 valence electrons. The molecule has 3 aromatic rings. The Kier molecular flexibility index (Phi) is 3.71. The van der Waals surface area contributed by atoms with Crippen molar-refractivity contribution in [2.24, 2.45) is 0 Å². The summed E-state index contributed by atoms with van der Waals surface area (Å²) in [5.41, 5.74) is 1.22. The maximum atomic E-state index is 13.2. The highest BCUT2D eigenvalue weighted by atomic mass is 79.9. The first-order valence-electron chi connectivity index (χ1n) is 5.77. The van der Waals surface area contributed by atoms with Gasteiger partial charge in [0.25, 0.3) is 0 Å². The lowest BCUT2D eigenvalue weighted by Gasteiger charge is -2.13. The Labute approximate surface area is 127 Å². The predicted molar refractivity (Wildman–Crippen MR) is 84.7 cm³/mol. The molecular weight excluding hydrogens is 345 g/mol. The van der Waals surface area contributed by atoms with Crippen molar-refractivity contribution in [3.63, 3.8) is 0 Å². The molecule has 1 atom stereocenters. The van der Waals surface area contributed by atoms with Gasteiger partial charge in [-0.05, 0) is 63.6 Å². The molecule has 0 amide bonds. The number of halogens is 2. The minimum Gasteiger partial charge on any atom is -0.309 e. The van der Waals surface area contributed by atoms with Crippen LogP contribution in [0.1, 0.15) is 16.5 Å². The van der Waals surface area contributed by atoms with Gasteiger partial charge in [-0.2, -0.15) is 11.3 Å². The van der Waals surface area contributed by atoms with E-state index in [-0.39, 0.29) is 11.9 Å². The second-order valence-electron chi connectivity index (χ2n) is 4.23. The van der Waals surface area contributed by atoms with E-state index in [0.717, 1.165) is 14.6 Å². The average molecular weight is 356 g/mol. The smallest absolute Gasteiger partial charge is 0.123 e. The Morgan fingerprint density at radius 2 is 2.11 bits per heavy atom. The van der Waals surface area contributed by atoms with Crippen molar-refractivity contribution in [3.05, 3.63) is 55.8 Å². The van der Waals surface area contributed by atoms with Gasteiger partial charge in [0.15, 0.2) is 0 Å². The van der Waals surface area contributed by atoms with Crippen molar-refractivity contribution in [3.8, 4) is 0 Å². The minimum atomic E-state index is -0.186. The van der Waals surface area contributed by atoms with Crippen LogP contribution in [0.2, 0.25) is 0 Å². The van der Waals surface area contributed by atoms with Crippen LogP contribution in [0.3, 0.4) is 0 Å². The first-order valence-corrected chi connectivity index (χ1v) is 8.32. The lowest BCUT2D eigenvalue weighted by molar-refractivity contribution is 0.630. The third kappa shape index (κ3) is 2.48. The zero-order valence-corrected chi connectivity index (χ0v) is 13.3. The standard InChI is InChI=1S/C14H11BrFNS2/c1-17-14(10-6-18-7-11(10)15)13-5-8-4-9(16)2-3-12(8)19-13/h2-7,14,17H,1H3. The second-order valence-corrected chi connectivity index (χ2v) is 6.94. The molecule has 5 heteroatoms. The van der Waals surface area contributed by atoms with Crippen molar-refractivity contribution in [2.75, 3.05) is 7.05 Å². The van der Waals surface area contributed by atoms with Crippen molar-refractivity contribution in [1.82, 2.24) is 5.32 Å². The third-order valence-electron chi connectivity index (χ3n) is 3.02. The molecule has 1 N–H and O–H groups in total. The van der Waals surface area contributed by atoms with E-state index in [2.05, 4.69) is 38.1 Å². The summed E-state index contributed by atoms with van der Waals surface area (Å²) in [6.07, 6.45) is 0. The topological polar surface area (TPSA) is 12.0 Å². The molecular formula is C14H11BrFNS2. The summed E-state index contributed by atoms with van der Waals surface area (Å²) >= 11 is 6.95. The molecule has 0 radical (unpaired) electrons. The molecule has 3 rings (SSSR count). The number of benzene rings is 1. The highest BCUT2D eigenvalue weighted by Gasteiger charge is 2.18. The summed E-state index contributed by atoms with van der Waals surface area (Å²) < 4.78 is 15.5. The van der Waals surface area contributed by atoms with Gasteiger partial charge in [0, 0.05) is 19.4 Å². The number of hydrogen-bond donors (Lipinski definition) is 1. The molecule has 1 unspecified atom stereocenters. The van der Waals surface area contributed by atoms with E-state index < -0.39 is 0 Å². The molecule has 0 aliphatic rings. The van der Waals surface area contributed by atoms with Crippen LogP contribution >= 0.6 is 38.6 Å². The molecule has 0 spiro atoms. The zero-order chi connectivity index (χ0) is 13.4. The van der Waals surface area contributed by atoms with Crippen LogP contribution < -0.4 is 5.32 Å². The number of rotatable bonds is 3. The van der Waals surface area contributed by atoms with Crippen LogP contribution in [0.4, 0.5) is 4.39 Å². The Morgan fingerprint density at radius 3 is 2.79 bits per heavy atom. The molecule has 0 aliphatic carbocycles. The van der Waals surface area contributed by atoms with Crippen molar-refractivity contribution in [2.45, 2.75) is 6.04 Å². The zero-order valence-electron chi connectivity index (χ0n) is 10.1. The van der Waals surface area contributed by atoms with E-state index >= 15 is 0 Å². The number of hydrogen-bond acceptors (Lipinski definition) is 3. The monoisotopic (exact) mass is 355 g/mol.